The van der Waals surface area contributed by atoms with E-state index in [1.165, 1.54) is 12.4 Å². The molecular weight excluding hydrogens is 418 g/mol. The second-order valence-corrected chi connectivity index (χ2v) is 7.20. The maximum Gasteiger partial charge on any atom is 0.246 e. The van der Waals surface area contributed by atoms with E-state index in [9.17, 15) is 13.6 Å². The van der Waals surface area contributed by atoms with E-state index in [0.717, 1.165) is 31.0 Å². The number of amides is 1. The number of likely N-dealkylation sites (tertiary alicyclic amines) is 1. The van der Waals surface area contributed by atoms with Gasteiger partial charge >= 0.3 is 0 Å². The second-order valence-electron chi connectivity index (χ2n) is 7.20. The van der Waals surface area contributed by atoms with Gasteiger partial charge in [-0.1, -0.05) is 12.5 Å². The van der Waals surface area contributed by atoms with E-state index in [2.05, 4.69) is 33.5 Å². The number of piperidine rings is 1. The Bertz CT molecular complexity index is 1250. The Hall–Kier alpha value is -4.00. The van der Waals surface area contributed by atoms with Crippen LogP contribution >= 0.6 is 0 Å². The molecule has 1 aliphatic rings. The zero-order valence-electron chi connectivity index (χ0n) is 17.1. The number of nitrogen functional groups attached to an aromatic ring is 1. The summed E-state index contributed by atoms with van der Waals surface area (Å²) < 4.78 is 33.9. The summed E-state index contributed by atoms with van der Waals surface area (Å²) in [4.78, 5) is 22.1. The maximum absolute atomic E-state index is 13.7. The Morgan fingerprint density at radius 1 is 1.38 bits per heavy atom. The lowest BCUT2D eigenvalue weighted by Gasteiger charge is -2.32. The number of carbonyl (C=O) groups is 1. The van der Waals surface area contributed by atoms with Crippen LogP contribution in [0.3, 0.4) is 0 Å². The highest BCUT2D eigenvalue weighted by Crippen LogP contribution is 2.28. The van der Waals surface area contributed by atoms with Crippen LogP contribution in [0.2, 0.25) is 0 Å². The molecule has 2 N–H and O–H groups in total. The Morgan fingerprint density at radius 2 is 2.22 bits per heavy atom. The molecule has 2 aromatic heterocycles. The lowest BCUT2D eigenvalue weighted by molar-refractivity contribution is -0.127. The van der Waals surface area contributed by atoms with Crippen LogP contribution in [0.4, 0.5) is 14.6 Å². The van der Waals surface area contributed by atoms with E-state index < -0.39 is 11.6 Å². The minimum Gasteiger partial charge on any atom is -0.478 e. The Labute approximate surface area is 182 Å². The summed E-state index contributed by atoms with van der Waals surface area (Å²) in [5.41, 5.74) is 6.91. The van der Waals surface area contributed by atoms with Crippen molar-refractivity contribution in [2.75, 3.05) is 25.4 Å². The first-order valence-corrected chi connectivity index (χ1v) is 9.94. The average molecular weight is 438 g/mol. The zero-order valence-corrected chi connectivity index (χ0v) is 17.1. The molecule has 0 spiro atoms. The Balaban J connectivity index is 1.61. The van der Waals surface area contributed by atoms with E-state index in [0.29, 0.717) is 29.8 Å². The van der Waals surface area contributed by atoms with Crippen molar-refractivity contribution in [2.45, 2.75) is 18.9 Å². The first kappa shape index (κ1) is 21.2. The number of carbonyl (C=O) groups excluding carboxylic acids is 1. The van der Waals surface area contributed by atoms with E-state index in [1.54, 1.807) is 9.58 Å². The van der Waals surface area contributed by atoms with Gasteiger partial charge in [-0.05, 0) is 37.0 Å². The third-order valence-electron chi connectivity index (χ3n) is 5.15. The van der Waals surface area contributed by atoms with Crippen LogP contribution in [0.25, 0.3) is 11.0 Å². The molecule has 0 saturated carbocycles. The minimum absolute atomic E-state index is 0.113. The highest BCUT2D eigenvalue weighted by molar-refractivity contribution is 5.90. The molecule has 3 aromatic rings. The van der Waals surface area contributed by atoms with Crippen LogP contribution in [0.1, 0.15) is 24.6 Å². The van der Waals surface area contributed by atoms with Gasteiger partial charge in [0.15, 0.2) is 17.2 Å². The fraction of sp³-hybridized carbons (Fsp3) is 0.273. The number of benzene rings is 1. The number of anilines is 1. The summed E-state index contributed by atoms with van der Waals surface area (Å²) in [7, 11) is 0. The SMILES string of the molecule is C=CC(=O)N1CCCC(n2nc(C#CCOc3cc(F)ccc3F)c3c(N)ncnc32)C1. The number of ether oxygens (including phenoxy) is 1. The van der Waals surface area contributed by atoms with Gasteiger partial charge in [0.25, 0.3) is 0 Å². The first-order valence-electron chi connectivity index (χ1n) is 9.94. The standard InChI is InChI=1S/C22H20F2N6O2/c1-2-19(31)29-9-3-5-15(12-29)30-22-20(21(25)26-13-27-22)17(28-30)6-4-10-32-18-11-14(23)7-8-16(18)24/h2,7-8,11,13,15H,1,3,5,9-10,12H2,(H2,25,26,27). The molecule has 32 heavy (non-hydrogen) atoms. The van der Waals surface area contributed by atoms with Gasteiger partial charge in [-0.25, -0.2) is 23.4 Å². The molecule has 3 heterocycles. The second kappa shape index (κ2) is 9.01. The number of nitrogens with two attached hydrogens (primary N) is 1. The highest BCUT2D eigenvalue weighted by atomic mass is 19.1. The molecule has 0 aliphatic carbocycles. The number of nitrogens with zero attached hydrogens (tertiary/aromatic N) is 5. The summed E-state index contributed by atoms with van der Waals surface area (Å²) >= 11 is 0. The smallest absolute Gasteiger partial charge is 0.246 e. The van der Waals surface area contributed by atoms with Crippen LogP contribution in [0.5, 0.6) is 5.75 Å². The fourth-order valence-corrected chi connectivity index (χ4v) is 3.64. The van der Waals surface area contributed by atoms with Crippen LogP contribution in [0, 0.1) is 23.5 Å². The van der Waals surface area contributed by atoms with Gasteiger partial charge in [0.1, 0.15) is 30.3 Å². The normalized spacial score (nSPS) is 15.8. The number of hydrogen-bond donors (Lipinski definition) is 1. The maximum atomic E-state index is 13.7. The number of rotatable bonds is 4. The molecule has 164 valence electrons. The lowest BCUT2D eigenvalue weighted by atomic mass is 10.1. The van der Waals surface area contributed by atoms with Crippen molar-refractivity contribution >= 4 is 22.8 Å². The van der Waals surface area contributed by atoms with Gasteiger partial charge in [-0.3, -0.25) is 4.79 Å². The summed E-state index contributed by atoms with van der Waals surface area (Å²) in [5.74, 6) is 4.16. The van der Waals surface area contributed by atoms with Gasteiger partial charge in [-0.15, -0.1) is 0 Å². The average Bonchev–Trinajstić information content (AvgIpc) is 3.18. The monoisotopic (exact) mass is 438 g/mol. The van der Waals surface area contributed by atoms with Crippen molar-refractivity contribution < 1.29 is 18.3 Å². The van der Waals surface area contributed by atoms with Crippen molar-refractivity contribution in [3.63, 3.8) is 0 Å². The van der Waals surface area contributed by atoms with Crippen LogP contribution in [-0.2, 0) is 4.79 Å². The predicted octanol–water partition coefficient (Wildman–Crippen LogP) is 2.47. The van der Waals surface area contributed by atoms with Crippen molar-refractivity contribution in [2.24, 2.45) is 0 Å². The van der Waals surface area contributed by atoms with E-state index in [4.69, 9.17) is 10.5 Å². The third kappa shape index (κ3) is 4.23. The van der Waals surface area contributed by atoms with Crippen LogP contribution in [-0.4, -0.2) is 50.3 Å². The van der Waals surface area contributed by atoms with E-state index in [1.807, 2.05) is 0 Å². The molecule has 8 nitrogen and oxygen atoms in total. The molecule has 4 rings (SSSR count). The molecule has 1 aromatic carbocycles. The van der Waals surface area contributed by atoms with Crippen molar-refractivity contribution in [1.29, 1.82) is 0 Å². The molecule has 1 unspecified atom stereocenters. The topological polar surface area (TPSA) is 99.2 Å². The number of fused-ring (bicyclic) bond motifs is 1. The molecule has 1 fully saturated rings. The number of hydrogen-bond acceptors (Lipinski definition) is 6. The quantitative estimate of drug-likeness (QED) is 0.496. The van der Waals surface area contributed by atoms with Crippen LogP contribution in [0.15, 0.2) is 37.2 Å². The van der Waals surface area contributed by atoms with E-state index >= 15 is 0 Å². The molecule has 1 amide bonds. The molecular formula is C22H20F2N6O2. The van der Waals surface area contributed by atoms with Crippen molar-refractivity contribution in [3.8, 4) is 17.6 Å². The molecule has 1 atom stereocenters. The van der Waals surface area contributed by atoms with Gasteiger partial charge in [0.2, 0.25) is 5.91 Å². The summed E-state index contributed by atoms with van der Waals surface area (Å²) in [6.07, 6.45) is 4.25. The number of halogens is 2. The number of aromatic nitrogens is 4. The highest BCUT2D eigenvalue weighted by Gasteiger charge is 2.27. The third-order valence-corrected chi connectivity index (χ3v) is 5.15. The van der Waals surface area contributed by atoms with Gasteiger partial charge < -0.3 is 15.4 Å². The summed E-state index contributed by atoms with van der Waals surface area (Å²) in [6.45, 7) is 4.47. The van der Waals surface area contributed by atoms with Gasteiger partial charge in [-0.2, -0.15) is 5.10 Å². The predicted molar refractivity (Wildman–Crippen MR) is 114 cm³/mol. The zero-order chi connectivity index (χ0) is 22.7. The molecule has 0 radical (unpaired) electrons. The summed E-state index contributed by atoms with van der Waals surface area (Å²) in [6, 6.07) is 2.82. The van der Waals surface area contributed by atoms with Gasteiger partial charge in [0, 0.05) is 19.2 Å². The molecule has 0 bridgehead atoms. The van der Waals surface area contributed by atoms with Crippen molar-refractivity contribution in [1.82, 2.24) is 24.6 Å². The fourth-order valence-electron chi connectivity index (χ4n) is 3.64. The van der Waals surface area contributed by atoms with Crippen molar-refractivity contribution in [3.05, 3.63) is 54.5 Å². The molecule has 1 aliphatic heterocycles. The lowest BCUT2D eigenvalue weighted by Crippen LogP contribution is -2.40. The van der Waals surface area contributed by atoms with Gasteiger partial charge in [0.05, 0.1) is 11.4 Å². The molecule has 10 heteroatoms. The molecule has 1 saturated heterocycles. The minimum atomic E-state index is -0.684. The first-order chi connectivity index (χ1) is 15.5. The van der Waals surface area contributed by atoms with E-state index in [-0.39, 0.29) is 30.1 Å². The largest absolute Gasteiger partial charge is 0.478 e. The van der Waals surface area contributed by atoms with Crippen LogP contribution < -0.4 is 10.5 Å². The Kier molecular flexibility index (Phi) is 5.98. The summed E-state index contributed by atoms with van der Waals surface area (Å²) in [5, 5.41) is 5.07. The Morgan fingerprint density at radius 3 is 3.03 bits per heavy atom.